The van der Waals surface area contributed by atoms with Gasteiger partial charge in [0.2, 0.25) is 0 Å². The molecule has 86 valence electrons. The Morgan fingerprint density at radius 1 is 1.18 bits per heavy atom. The van der Waals surface area contributed by atoms with Crippen molar-refractivity contribution < 1.29 is 5.21 Å². The standard InChI is InChI=1S/C13H12N2OS/c16-15-9-12-6-7-13(14-8-12)17-10-11-4-2-1-3-5-11/h1-9,16H,10H2/b15-9-. The molecule has 0 atom stereocenters. The zero-order valence-corrected chi connectivity index (χ0v) is 9.97. The van der Waals surface area contributed by atoms with Gasteiger partial charge in [0.1, 0.15) is 0 Å². The molecule has 0 radical (unpaired) electrons. The molecule has 2 aromatic rings. The van der Waals surface area contributed by atoms with E-state index in [-0.39, 0.29) is 0 Å². The van der Waals surface area contributed by atoms with E-state index in [9.17, 15) is 0 Å². The summed E-state index contributed by atoms with van der Waals surface area (Å²) in [6, 6.07) is 14.1. The highest BCUT2D eigenvalue weighted by Crippen LogP contribution is 2.20. The fourth-order valence-corrected chi connectivity index (χ4v) is 2.15. The highest BCUT2D eigenvalue weighted by Gasteiger charge is 1.97. The summed E-state index contributed by atoms with van der Waals surface area (Å²) >= 11 is 1.68. The Morgan fingerprint density at radius 2 is 2.00 bits per heavy atom. The van der Waals surface area contributed by atoms with Crippen LogP contribution in [0.2, 0.25) is 0 Å². The van der Waals surface area contributed by atoms with E-state index in [1.165, 1.54) is 11.8 Å². The van der Waals surface area contributed by atoms with Gasteiger partial charge >= 0.3 is 0 Å². The van der Waals surface area contributed by atoms with Crippen molar-refractivity contribution in [1.29, 1.82) is 0 Å². The second-order valence-electron chi connectivity index (χ2n) is 3.45. The molecule has 1 aromatic heterocycles. The smallest absolute Gasteiger partial charge is 0.0963 e. The van der Waals surface area contributed by atoms with Crippen molar-refractivity contribution >= 4 is 18.0 Å². The summed E-state index contributed by atoms with van der Waals surface area (Å²) in [5.74, 6) is 0.904. The summed E-state index contributed by atoms with van der Waals surface area (Å²) in [5.41, 5.74) is 2.07. The first-order chi connectivity index (χ1) is 8.38. The van der Waals surface area contributed by atoms with Crippen LogP contribution in [0.15, 0.2) is 58.8 Å². The maximum Gasteiger partial charge on any atom is 0.0963 e. The van der Waals surface area contributed by atoms with Crippen molar-refractivity contribution in [2.75, 3.05) is 0 Å². The van der Waals surface area contributed by atoms with Crippen LogP contribution < -0.4 is 0 Å². The molecule has 0 unspecified atom stereocenters. The lowest BCUT2D eigenvalue weighted by atomic mass is 10.2. The molecular formula is C13H12N2OS. The van der Waals surface area contributed by atoms with E-state index in [1.54, 1.807) is 18.0 Å². The molecule has 0 aliphatic heterocycles. The second kappa shape index (κ2) is 6.06. The highest BCUT2D eigenvalue weighted by molar-refractivity contribution is 7.98. The Morgan fingerprint density at radius 3 is 2.65 bits per heavy atom. The number of benzene rings is 1. The first kappa shape index (κ1) is 11.7. The van der Waals surface area contributed by atoms with Gasteiger partial charge in [-0.15, -0.1) is 11.8 Å². The lowest BCUT2D eigenvalue weighted by Crippen LogP contribution is -1.86. The van der Waals surface area contributed by atoms with Gasteiger partial charge in [-0.1, -0.05) is 35.5 Å². The molecule has 17 heavy (non-hydrogen) atoms. The SMILES string of the molecule is O/N=C\c1ccc(SCc2ccccc2)nc1. The number of nitrogens with zero attached hydrogens (tertiary/aromatic N) is 2. The zero-order chi connectivity index (χ0) is 11.9. The molecule has 1 aromatic carbocycles. The minimum Gasteiger partial charge on any atom is -0.411 e. The van der Waals surface area contributed by atoms with Gasteiger partial charge in [-0.05, 0) is 17.7 Å². The van der Waals surface area contributed by atoms with Crippen LogP contribution in [0.25, 0.3) is 0 Å². The predicted molar refractivity (Wildman–Crippen MR) is 69.6 cm³/mol. The molecule has 2 rings (SSSR count). The van der Waals surface area contributed by atoms with Crippen LogP contribution in [0.4, 0.5) is 0 Å². The molecule has 0 aliphatic carbocycles. The molecule has 0 amide bonds. The van der Waals surface area contributed by atoms with Crippen LogP contribution in [-0.4, -0.2) is 16.4 Å². The Hall–Kier alpha value is -1.81. The van der Waals surface area contributed by atoms with Crippen LogP contribution >= 0.6 is 11.8 Å². The third-order valence-electron chi connectivity index (χ3n) is 2.20. The van der Waals surface area contributed by atoms with Crippen LogP contribution in [0, 0.1) is 0 Å². The molecule has 4 heteroatoms. The van der Waals surface area contributed by atoms with E-state index in [1.807, 2.05) is 30.3 Å². The molecule has 3 nitrogen and oxygen atoms in total. The van der Waals surface area contributed by atoms with E-state index in [2.05, 4.69) is 22.3 Å². The molecular weight excluding hydrogens is 232 g/mol. The first-order valence-corrected chi connectivity index (χ1v) is 6.17. The van der Waals surface area contributed by atoms with Crippen LogP contribution in [-0.2, 0) is 5.75 Å². The fourth-order valence-electron chi connectivity index (χ4n) is 1.35. The van der Waals surface area contributed by atoms with Gasteiger partial charge in [-0.2, -0.15) is 0 Å². The maximum atomic E-state index is 8.38. The molecule has 0 spiro atoms. The number of hydrogen-bond donors (Lipinski definition) is 1. The topological polar surface area (TPSA) is 45.5 Å². The third kappa shape index (κ3) is 3.60. The van der Waals surface area contributed by atoms with E-state index in [0.717, 1.165) is 16.3 Å². The first-order valence-electron chi connectivity index (χ1n) is 5.19. The number of aromatic nitrogens is 1. The number of oxime groups is 1. The second-order valence-corrected chi connectivity index (χ2v) is 4.44. The largest absolute Gasteiger partial charge is 0.411 e. The minimum atomic E-state index is 0.788. The quantitative estimate of drug-likeness (QED) is 0.389. The van der Waals surface area contributed by atoms with Gasteiger partial charge in [-0.3, -0.25) is 0 Å². The Bertz CT molecular complexity index is 483. The monoisotopic (exact) mass is 244 g/mol. The highest BCUT2D eigenvalue weighted by atomic mass is 32.2. The van der Waals surface area contributed by atoms with Gasteiger partial charge in [0.25, 0.3) is 0 Å². The lowest BCUT2D eigenvalue weighted by Gasteiger charge is -2.01. The summed E-state index contributed by atoms with van der Waals surface area (Å²) in [6.45, 7) is 0. The normalized spacial score (nSPS) is 10.8. The average Bonchev–Trinajstić information content (AvgIpc) is 2.40. The fraction of sp³-hybridized carbons (Fsp3) is 0.0769. The molecule has 0 saturated heterocycles. The zero-order valence-electron chi connectivity index (χ0n) is 9.15. The molecule has 0 bridgehead atoms. The number of pyridine rings is 1. The number of rotatable bonds is 4. The molecule has 1 heterocycles. The van der Waals surface area contributed by atoms with E-state index >= 15 is 0 Å². The summed E-state index contributed by atoms with van der Waals surface area (Å²) in [4.78, 5) is 4.27. The van der Waals surface area contributed by atoms with Crippen molar-refractivity contribution in [3.8, 4) is 0 Å². The number of thioether (sulfide) groups is 1. The van der Waals surface area contributed by atoms with Gasteiger partial charge in [0.15, 0.2) is 0 Å². The number of hydrogen-bond acceptors (Lipinski definition) is 4. The van der Waals surface area contributed by atoms with Crippen LogP contribution in [0.5, 0.6) is 0 Å². The Balaban J connectivity index is 1.95. The van der Waals surface area contributed by atoms with Gasteiger partial charge < -0.3 is 5.21 Å². The van der Waals surface area contributed by atoms with Crippen molar-refractivity contribution in [1.82, 2.24) is 4.98 Å². The lowest BCUT2D eigenvalue weighted by molar-refractivity contribution is 0.322. The summed E-state index contributed by atoms with van der Waals surface area (Å²) in [7, 11) is 0. The van der Waals surface area contributed by atoms with Gasteiger partial charge in [0.05, 0.1) is 11.2 Å². The van der Waals surface area contributed by atoms with Gasteiger partial charge in [-0.25, -0.2) is 4.98 Å². The van der Waals surface area contributed by atoms with Crippen LogP contribution in [0.3, 0.4) is 0 Å². The average molecular weight is 244 g/mol. The van der Waals surface area contributed by atoms with Crippen molar-refractivity contribution in [3.63, 3.8) is 0 Å². The molecule has 0 saturated carbocycles. The predicted octanol–water partition coefficient (Wildman–Crippen LogP) is 3.18. The van der Waals surface area contributed by atoms with Crippen molar-refractivity contribution in [2.45, 2.75) is 10.8 Å². The van der Waals surface area contributed by atoms with Crippen molar-refractivity contribution in [2.24, 2.45) is 5.16 Å². The summed E-state index contributed by atoms with van der Waals surface area (Å²) in [6.07, 6.45) is 3.05. The Labute approximate surface area is 104 Å². The summed E-state index contributed by atoms with van der Waals surface area (Å²) in [5, 5.41) is 12.3. The molecule has 0 fully saturated rings. The maximum absolute atomic E-state index is 8.38. The van der Waals surface area contributed by atoms with Crippen molar-refractivity contribution in [3.05, 3.63) is 59.8 Å². The van der Waals surface area contributed by atoms with Crippen LogP contribution in [0.1, 0.15) is 11.1 Å². The molecule has 1 N–H and O–H groups in total. The summed E-state index contributed by atoms with van der Waals surface area (Å²) < 4.78 is 0. The third-order valence-corrected chi connectivity index (χ3v) is 3.21. The minimum absolute atomic E-state index is 0.788. The van der Waals surface area contributed by atoms with E-state index < -0.39 is 0 Å². The Kier molecular flexibility index (Phi) is 4.16. The van der Waals surface area contributed by atoms with E-state index in [0.29, 0.717) is 0 Å². The van der Waals surface area contributed by atoms with E-state index in [4.69, 9.17) is 5.21 Å². The van der Waals surface area contributed by atoms with Gasteiger partial charge in [0, 0.05) is 17.5 Å². The molecule has 0 aliphatic rings.